The predicted molar refractivity (Wildman–Crippen MR) is 52.9 cm³/mol. The Labute approximate surface area is 82.6 Å². The molecule has 0 aliphatic carbocycles. The Bertz CT molecular complexity index is 314. The van der Waals surface area contributed by atoms with Crippen molar-refractivity contribution >= 4 is 0 Å². The Morgan fingerprint density at radius 3 is 2.57 bits per heavy atom. The van der Waals surface area contributed by atoms with Gasteiger partial charge in [-0.15, -0.1) is 0 Å². The molecule has 0 heterocycles. The van der Waals surface area contributed by atoms with Crippen molar-refractivity contribution in [3.8, 4) is 5.75 Å². The van der Waals surface area contributed by atoms with Crippen LogP contribution in [0.3, 0.4) is 0 Å². The summed E-state index contributed by atoms with van der Waals surface area (Å²) in [6, 6.07) is 4.79. The molecule has 1 aromatic carbocycles. The third kappa shape index (κ3) is 2.04. The van der Waals surface area contributed by atoms with E-state index in [9.17, 15) is 15.3 Å². The molecular formula is C10H15NO3. The topological polar surface area (TPSA) is 86.7 Å². The van der Waals surface area contributed by atoms with Crippen molar-refractivity contribution in [2.75, 3.05) is 6.54 Å². The summed E-state index contributed by atoms with van der Waals surface area (Å²) in [5.41, 5.74) is 6.29. The quantitative estimate of drug-likeness (QED) is 0.551. The Balaban J connectivity index is 3.01. The molecule has 14 heavy (non-hydrogen) atoms. The van der Waals surface area contributed by atoms with Crippen LogP contribution in [0.25, 0.3) is 0 Å². The molecule has 2 unspecified atom stereocenters. The molecule has 0 saturated carbocycles. The second-order valence-corrected chi connectivity index (χ2v) is 3.24. The standard InChI is InChI=1S/C10H15NO3/c1-6-7(3-2-4-8(6)12)10(14)9(13)5-11/h2-4,9-10,12-14H,5,11H2,1H3. The maximum atomic E-state index is 9.65. The lowest BCUT2D eigenvalue weighted by Gasteiger charge is -2.18. The number of hydrogen-bond donors (Lipinski definition) is 4. The van der Waals surface area contributed by atoms with Crippen LogP contribution >= 0.6 is 0 Å². The fraction of sp³-hybridized carbons (Fsp3) is 0.400. The first-order chi connectivity index (χ1) is 6.57. The smallest absolute Gasteiger partial charge is 0.118 e. The number of aliphatic hydroxyl groups is 2. The van der Waals surface area contributed by atoms with Crippen LogP contribution in [0.5, 0.6) is 5.75 Å². The highest BCUT2D eigenvalue weighted by Gasteiger charge is 2.19. The lowest BCUT2D eigenvalue weighted by atomic mass is 9.99. The van der Waals surface area contributed by atoms with Gasteiger partial charge in [-0.05, 0) is 24.1 Å². The molecule has 0 fully saturated rings. The monoisotopic (exact) mass is 197 g/mol. The highest BCUT2D eigenvalue weighted by molar-refractivity contribution is 5.39. The first-order valence-electron chi connectivity index (χ1n) is 4.42. The molecule has 0 aliphatic heterocycles. The van der Waals surface area contributed by atoms with E-state index in [1.807, 2.05) is 0 Å². The molecule has 5 N–H and O–H groups in total. The molecule has 0 radical (unpaired) electrons. The molecule has 0 spiro atoms. The molecule has 1 aromatic rings. The number of hydrogen-bond acceptors (Lipinski definition) is 4. The highest BCUT2D eigenvalue weighted by Crippen LogP contribution is 2.26. The van der Waals surface area contributed by atoms with E-state index >= 15 is 0 Å². The van der Waals surface area contributed by atoms with Crippen molar-refractivity contribution in [2.45, 2.75) is 19.1 Å². The van der Waals surface area contributed by atoms with E-state index in [1.165, 1.54) is 6.07 Å². The number of nitrogens with two attached hydrogens (primary N) is 1. The van der Waals surface area contributed by atoms with Crippen LogP contribution < -0.4 is 5.73 Å². The molecular weight excluding hydrogens is 182 g/mol. The van der Waals surface area contributed by atoms with Gasteiger partial charge in [0, 0.05) is 6.54 Å². The summed E-state index contributed by atoms with van der Waals surface area (Å²) in [7, 11) is 0. The van der Waals surface area contributed by atoms with Crippen molar-refractivity contribution < 1.29 is 15.3 Å². The zero-order valence-corrected chi connectivity index (χ0v) is 8.01. The van der Waals surface area contributed by atoms with Crippen molar-refractivity contribution in [3.63, 3.8) is 0 Å². The van der Waals surface area contributed by atoms with Crippen molar-refractivity contribution in [1.82, 2.24) is 0 Å². The Morgan fingerprint density at radius 2 is 2.00 bits per heavy atom. The summed E-state index contributed by atoms with van der Waals surface area (Å²) in [5, 5.41) is 28.4. The minimum Gasteiger partial charge on any atom is -0.508 e. The molecule has 0 aliphatic rings. The van der Waals surface area contributed by atoms with E-state index in [1.54, 1.807) is 19.1 Å². The number of phenolic OH excluding ortho intramolecular Hbond substituents is 1. The predicted octanol–water partition coefficient (Wildman–Crippen LogP) is 0.0536. The zero-order valence-electron chi connectivity index (χ0n) is 8.01. The van der Waals surface area contributed by atoms with E-state index in [0.717, 1.165) is 0 Å². The van der Waals surface area contributed by atoms with E-state index in [2.05, 4.69) is 0 Å². The molecule has 0 bridgehead atoms. The van der Waals surface area contributed by atoms with Gasteiger partial charge in [0.15, 0.2) is 0 Å². The largest absolute Gasteiger partial charge is 0.508 e. The third-order valence-corrected chi connectivity index (χ3v) is 2.27. The normalized spacial score (nSPS) is 15.1. The lowest BCUT2D eigenvalue weighted by Crippen LogP contribution is -2.27. The van der Waals surface area contributed by atoms with Crippen LogP contribution in [0.2, 0.25) is 0 Å². The van der Waals surface area contributed by atoms with Crippen LogP contribution in [0, 0.1) is 6.92 Å². The highest BCUT2D eigenvalue weighted by atomic mass is 16.3. The van der Waals surface area contributed by atoms with Crippen LogP contribution in [0.1, 0.15) is 17.2 Å². The van der Waals surface area contributed by atoms with Crippen LogP contribution in [-0.2, 0) is 0 Å². The SMILES string of the molecule is Cc1c(O)cccc1C(O)C(O)CN. The number of benzene rings is 1. The van der Waals surface area contributed by atoms with Gasteiger partial charge < -0.3 is 21.1 Å². The van der Waals surface area contributed by atoms with Crippen molar-refractivity contribution in [3.05, 3.63) is 29.3 Å². The fourth-order valence-electron chi connectivity index (χ4n) is 1.30. The van der Waals surface area contributed by atoms with Gasteiger partial charge in [0.2, 0.25) is 0 Å². The van der Waals surface area contributed by atoms with E-state index in [-0.39, 0.29) is 12.3 Å². The lowest BCUT2D eigenvalue weighted by molar-refractivity contribution is 0.0238. The summed E-state index contributed by atoms with van der Waals surface area (Å²) < 4.78 is 0. The molecule has 0 saturated heterocycles. The summed E-state index contributed by atoms with van der Waals surface area (Å²) in [6.07, 6.45) is -2.05. The number of aliphatic hydroxyl groups excluding tert-OH is 2. The molecule has 78 valence electrons. The first-order valence-corrected chi connectivity index (χ1v) is 4.42. The van der Waals surface area contributed by atoms with Crippen LogP contribution in [-0.4, -0.2) is 28.0 Å². The summed E-state index contributed by atoms with van der Waals surface area (Å²) in [6.45, 7) is 1.66. The van der Waals surface area contributed by atoms with Gasteiger partial charge >= 0.3 is 0 Å². The van der Waals surface area contributed by atoms with Gasteiger partial charge in [0.1, 0.15) is 11.9 Å². The summed E-state index contributed by atoms with van der Waals surface area (Å²) >= 11 is 0. The average molecular weight is 197 g/mol. The Kier molecular flexibility index (Phi) is 3.46. The fourth-order valence-corrected chi connectivity index (χ4v) is 1.30. The van der Waals surface area contributed by atoms with Crippen LogP contribution in [0.15, 0.2) is 18.2 Å². The van der Waals surface area contributed by atoms with Crippen molar-refractivity contribution in [1.29, 1.82) is 0 Å². The maximum Gasteiger partial charge on any atom is 0.118 e. The van der Waals surface area contributed by atoms with Gasteiger partial charge in [-0.1, -0.05) is 12.1 Å². The Hall–Kier alpha value is -1.10. The Morgan fingerprint density at radius 1 is 1.36 bits per heavy atom. The molecule has 2 atom stereocenters. The molecule has 0 amide bonds. The number of phenols is 1. The molecule has 4 nitrogen and oxygen atoms in total. The van der Waals surface area contributed by atoms with E-state index < -0.39 is 12.2 Å². The van der Waals surface area contributed by atoms with Gasteiger partial charge in [0.25, 0.3) is 0 Å². The minimum atomic E-state index is -1.05. The third-order valence-electron chi connectivity index (χ3n) is 2.27. The number of rotatable bonds is 3. The van der Waals surface area contributed by atoms with E-state index in [0.29, 0.717) is 11.1 Å². The summed E-state index contributed by atoms with van der Waals surface area (Å²) in [5.74, 6) is 0.103. The minimum absolute atomic E-state index is 0.0176. The van der Waals surface area contributed by atoms with Gasteiger partial charge in [-0.2, -0.15) is 0 Å². The second kappa shape index (κ2) is 4.41. The average Bonchev–Trinajstić information content (AvgIpc) is 2.20. The second-order valence-electron chi connectivity index (χ2n) is 3.24. The maximum absolute atomic E-state index is 9.65. The van der Waals surface area contributed by atoms with Gasteiger partial charge in [-0.3, -0.25) is 0 Å². The molecule has 4 heteroatoms. The number of aromatic hydroxyl groups is 1. The molecule has 0 aromatic heterocycles. The van der Waals surface area contributed by atoms with E-state index in [4.69, 9.17) is 5.73 Å². The van der Waals surface area contributed by atoms with Crippen LogP contribution in [0.4, 0.5) is 0 Å². The van der Waals surface area contributed by atoms with Gasteiger partial charge in [0.05, 0.1) is 6.10 Å². The van der Waals surface area contributed by atoms with Crippen molar-refractivity contribution in [2.24, 2.45) is 5.73 Å². The first kappa shape index (κ1) is 11.0. The molecule has 1 rings (SSSR count). The summed E-state index contributed by atoms with van der Waals surface area (Å²) in [4.78, 5) is 0. The van der Waals surface area contributed by atoms with Gasteiger partial charge in [-0.25, -0.2) is 0 Å². The zero-order chi connectivity index (χ0) is 10.7.